The number of hydrogen-bond donors (Lipinski definition) is 2. The number of rotatable bonds is 37. The zero-order valence-corrected chi connectivity index (χ0v) is 58.3. The van der Waals surface area contributed by atoms with Gasteiger partial charge in [-0.15, -0.1) is 45.3 Å². The third-order valence-corrected chi connectivity index (χ3v) is 23.7. The summed E-state index contributed by atoms with van der Waals surface area (Å²) in [5, 5.41) is 24.2. The summed E-state index contributed by atoms with van der Waals surface area (Å²) in [4.78, 5) is 12.5. The molecule has 6 aromatic rings. The summed E-state index contributed by atoms with van der Waals surface area (Å²) in [5.41, 5.74) is 4.63. The number of fused-ring (bicyclic) bond motifs is 3. The minimum Gasteiger partial charge on any atom is -0.492 e. The van der Waals surface area contributed by atoms with Crippen LogP contribution in [0.1, 0.15) is 282 Å². The van der Waals surface area contributed by atoms with Crippen molar-refractivity contribution in [2.45, 2.75) is 275 Å². The molecule has 1 aliphatic heterocycles. The number of hydrogen-bond acceptors (Lipinski definition) is 9. The Bertz CT molecular complexity index is 3120. The van der Waals surface area contributed by atoms with Crippen LogP contribution in [0.5, 0.6) is 11.5 Å². The molecule has 0 radical (unpaired) electrons. The molecule has 462 valence electrons. The molecule has 7 rings (SSSR count). The van der Waals surface area contributed by atoms with Gasteiger partial charge in [-0.2, -0.15) is 0 Å². The summed E-state index contributed by atoms with van der Waals surface area (Å²) in [5.74, 6) is 4.26. The van der Waals surface area contributed by atoms with Gasteiger partial charge in [-0.3, -0.25) is 15.8 Å². The average molecular weight is 1210 g/mol. The first-order valence-corrected chi connectivity index (χ1v) is 37.1. The molecule has 2 aromatic carbocycles. The van der Waals surface area contributed by atoms with Crippen molar-refractivity contribution in [1.29, 1.82) is 10.8 Å². The number of nitrogens with zero attached hydrogens (tertiary/aromatic N) is 1. The highest BCUT2D eigenvalue weighted by Crippen LogP contribution is 2.52. The molecule has 0 spiro atoms. The second kappa shape index (κ2) is 32.6. The van der Waals surface area contributed by atoms with Crippen LogP contribution in [0.3, 0.4) is 0 Å². The summed E-state index contributed by atoms with van der Waals surface area (Å²) in [7, 11) is 0. The van der Waals surface area contributed by atoms with E-state index in [0.29, 0.717) is 36.0 Å². The molecule has 84 heavy (non-hydrogen) atoms. The number of aliphatic imine (C=N–C) groups is 1. The van der Waals surface area contributed by atoms with Gasteiger partial charge in [0.05, 0.1) is 23.8 Å². The van der Waals surface area contributed by atoms with Crippen LogP contribution in [0.15, 0.2) is 47.6 Å². The number of benzene rings is 2. The normalized spacial score (nSPS) is 14.9. The molecule has 4 unspecified atom stereocenters. The average Bonchev–Trinajstić information content (AvgIpc) is 1.82. The third-order valence-electron chi connectivity index (χ3n) is 18.1. The summed E-state index contributed by atoms with van der Waals surface area (Å²) < 4.78 is 17.4. The Morgan fingerprint density at radius 3 is 1.42 bits per heavy atom. The van der Waals surface area contributed by atoms with Crippen LogP contribution in [-0.2, 0) is 23.7 Å². The maximum atomic E-state index is 9.78. The van der Waals surface area contributed by atoms with Crippen molar-refractivity contribution < 1.29 is 9.47 Å². The maximum absolute atomic E-state index is 9.78. The molecule has 0 bridgehead atoms. The fourth-order valence-corrected chi connectivity index (χ4v) is 17.5. The van der Waals surface area contributed by atoms with Crippen molar-refractivity contribution in [1.82, 2.24) is 0 Å². The lowest BCUT2D eigenvalue weighted by Gasteiger charge is -2.21. The van der Waals surface area contributed by atoms with E-state index in [0.717, 1.165) is 52.7 Å². The van der Waals surface area contributed by atoms with Crippen LogP contribution < -0.4 is 9.47 Å². The van der Waals surface area contributed by atoms with Crippen molar-refractivity contribution in [3.8, 4) is 21.3 Å². The fraction of sp³-hybridized carbons (Fsp3) is 0.640. The number of unbranched alkanes of at least 4 members (excludes halogenated alkanes) is 10. The Hall–Kier alpha value is -3.63. The molecule has 9 heteroatoms. The van der Waals surface area contributed by atoms with Crippen molar-refractivity contribution in [3.05, 3.63) is 73.2 Å². The Kier molecular flexibility index (Phi) is 26.3. The lowest BCUT2D eigenvalue weighted by Crippen LogP contribution is -2.26. The van der Waals surface area contributed by atoms with E-state index in [4.69, 9.17) is 14.5 Å². The molecule has 0 amide bonds. The second-order valence-electron chi connectivity index (χ2n) is 27.3. The van der Waals surface area contributed by atoms with E-state index < -0.39 is 0 Å². The van der Waals surface area contributed by atoms with Crippen molar-refractivity contribution in [2.24, 2.45) is 28.7 Å². The number of allylic oxidation sites excluding steroid dienone is 1. The Labute approximate surface area is 526 Å². The molecule has 0 aliphatic carbocycles. The first-order chi connectivity index (χ1) is 40.4. The number of thiophene rings is 4. The first kappa shape index (κ1) is 67.9. The summed E-state index contributed by atoms with van der Waals surface area (Å²) in [6, 6.07) is 14.5. The van der Waals surface area contributed by atoms with Crippen LogP contribution in [-0.4, -0.2) is 30.3 Å². The van der Waals surface area contributed by atoms with E-state index in [1.807, 2.05) is 28.9 Å². The molecule has 5 heterocycles. The summed E-state index contributed by atoms with van der Waals surface area (Å²) >= 11 is 7.42. The van der Waals surface area contributed by atoms with Gasteiger partial charge in [0.1, 0.15) is 22.9 Å². The van der Waals surface area contributed by atoms with Crippen LogP contribution in [0, 0.1) is 34.5 Å². The smallest absolute Gasteiger partial charge is 0.136 e. The van der Waals surface area contributed by atoms with Crippen molar-refractivity contribution >= 4 is 99.0 Å². The zero-order valence-electron chi connectivity index (χ0n) is 55.0. The van der Waals surface area contributed by atoms with Crippen molar-refractivity contribution in [2.75, 3.05) is 13.2 Å². The van der Waals surface area contributed by atoms with Crippen molar-refractivity contribution in [3.63, 3.8) is 0 Å². The first-order valence-electron chi connectivity index (χ1n) is 33.9. The highest BCUT2D eigenvalue weighted by Gasteiger charge is 2.31. The van der Waals surface area contributed by atoms with Gasteiger partial charge in [0, 0.05) is 67.1 Å². The fourth-order valence-electron chi connectivity index (χ4n) is 12.6. The number of nitrogens with one attached hydrogen (secondary N) is 2. The van der Waals surface area contributed by atoms with Crippen LogP contribution >= 0.6 is 45.3 Å². The topological polar surface area (TPSA) is 78.5 Å². The maximum Gasteiger partial charge on any atom is 0.136 e. The summed E-state index contributed by atoms with van der Waals surface area (Å²) in [6.07, 6.45) is 33.5. The van der Waals surface area contributed by atoms with Crippen LogP contribution in [0.25, 0.3) is 46.3 Å². The van der Waals surface area contributed by atoms with E-state index in [1.165, 1.54) is 209 Å². The second-order valence-corrected chi connectivity index (χ2v) is 31.6. The van der Waals surface area contributed by atoms with Gasteiger partial charge >= 0.3 is 0 Å². The van der Waals surface area contributed by atoms with Gasteiger partial charge in [0.25, 0.3) is 0 Å². The van der Waals surface area contributed by atoms with Gasteiger partial charge in [0.15, 0.2) is 0 Å². The molecule has 4 aromatic heterocycles. The SMILES string of the molecule is CCCCCCC(CCCC)COc1c2cc(-c3sc(C4=CN=C(c5cc(CC(CC)CCCC)c(C(C)(C)C)s5)C(=N)C4=N)cc3CC(CC)CCCC)sc2cc2c(OCC(CCCC)CCCCCC)c3cc(C(C)(C)C)sc3cc12. The van der Waals surface area contributed by atoms with Gasteiger partial charge in [-0.1, -0.05) is 225 Å². The third kappa shape index (κ3) is 17.6. The lowest BCUT2D eigenvalue weighted by molar-refractivity contribution is 0.227. The predicted octanol–water partition coefficient (Wildman–Crippen LogP) is 25.4. The molecule has 0 fully saturated rings. The molecule has 1 aliphatic rings. The van der Waals surface area contributed by atoms with Gasteiger partial charge in [0.2, 0.25) is 0 Å². The van der Waals surface area contributed by atoms with E-state index in [-0.39, 0.29) is 22.3 Å². The van der Waals surface area contributed by atoms with Gasteiger partial charge in [-0.25, -0.2) is 0 Å². The van der Waals surface area contributed by atoms with E-state index in [2.05, 4.69) is 133 Å². The van der Waals surface area contributed by atoms with E-state index in [9.17, 15) is 10.8 Å². The lowest BCUT2D eigenvalue weighted by atomic mass is 9.86. The molecular formula is C75H111N3O2S4. The van der Waals surface area contributed by atoms with Gasteiger partial charge < -0.3 is 9.47 Å². The minimum absolute atomic E-state index is 0.0106. The molecule has 0 saturated heterocycles. The predicted molar refractivity (Wildman–Crippen MR) is 378 cm³/mol. The minimum atomic E-state index is -0.0188. The Morgan fingerprint density at radius 1 is 0.440 bits per heavy atom. The molecule has 0 saturated carbocycles. The molecule has 5 nitrogen and oxygen atoms in total. The van der Waals surface area contributed by atoms with E-state index in [1.54, 1.807) is 22.7 Å². The quantitative estimate of drug-likeness (QED) is 0.0381. The standard InChI is InChI=1S/C75H111N3O2S4/c1-15-23-29-31-37-52(35-27-19-5)48-79-70-57-44-63-59(46-66(82-63)74(9,10)11)71(80-49-53(36-28-20-6)38-32-30-24-16-2)56(57)43-62-58(70)45-65(81-62)72-54(39-50(21-7)33-25-17-3)41-61(83-72)60-47-78-69(68(77)67(60)76)64-42-55(73(84-64)75(12,13)14)40-51(22-8)34-26-18-4/h41-47,50-53,76-77H,15-40,48-49H2,1-14H3. The van der Waals surface area contributed by atoms with Gasteiger partial charge in [-0.05, 0) is 121 Å². The Balaban J connectivity index is 1.40. The monoisotopic (exact) mass is 1210 g/mol. The summed E-state index contributed by atoms with van der Waals surface area (Å²) in [6.45, 7) is 34.0. The largest absolute Gasteiger partial charge is 0.492 e. The highest BCUT2D eigenvalue weighted by molar-refractivity contribution is 7.27. The molecular weight excluding hydrogens is 1100 g/mol. The number of ether oxygens (including phenoxy) is 2. The van der Waals surface area contributed by atoms with E-state index >= 15 is 0 Å². The molecule has 2 N–H and O–H groups in total. The van der Waals surface area contributed by atoms with Crippen LogP contribution in [0.4, 0.5) is 0 Å². The zero-order chi connectivity index (χ0) is 60.6. The Morgan fingerprint density at radius 2 is 0.917 bits per heavy atom. The van der Waals surface area contributed by atoms with Crippen LogP contribution in [0.2, 0.25) is 0 Å². The highest BCUT2D eigenvalue weighted by atomic mass is 32.1. The molecule has 4 atom stereocenters.